The number of carbonyl (C=O) groups excluding carboxylic acids is 1. The van der Waals surface area contributed by atoms with Gasteiger partial charge < -0.3 is 29.3 Å². The first-order valence-corrected chi connectivity index (χ1v) is 14.2. The smallest absolute Gasteiger partial charge is 0.338 e. The maximum Gasteiger partial charge on any atom is 0.338 e. The van der Waals surface area contributed by atoms with Crippen LogP contribution in [0.15, 0.2) is 18.6 Å². The minimum atomic E-state index is -1.02. The highest BCUT2D eigenvalue weighted by atomic mass is 16.5. The number of rotatable bonds is 9. The van der Waals surface area contributed by atoms with Crippen LogP contribution in [0.2, 0.25) is 6.32 Å². The number of carbonyl (C=O) groups is 2. The molecule has 0 aliphatic carbocycles. The largest absolute Gasteiger partial charge is 0.478 e. The summed E-state index contributed by atoms with van der Waals surface area (Å²) < 4.78 is 5.36. The summed E-state index contributed by atoms with van der Waals surface area (Å²) in [6.07, 6.45) is 8.55. The first-order chi connectivity index (χ1) is 20.0. The van der Waals surface area contributed by atoms with Gasteiger partial charge in [-0.25, -0.2) is 30.0 Å². The second-order valence-electron chi connectivity index (χ2n) is 10.5. The summed E-state index contributed by atoms with van der Waals surface area (Å²) in [7, 11) is 2.15. The van der Waals surface area contributed by atoms with Crippen LogP contribution >= 0.6 is 0 Å². The number of nitrogens with zero attached hydrogens (tertiary/aromatic N) is 9. The molecule has 0 aromatic carbocycles. The van der Waals surface area contributed by atoms with E-state index < -0.39 is 5.97 Å². The predicted octanol–water partition coefficient (Wildman–Crippen LogP) is 0.326. The zero-order valence-electron chi connectivity index (χ0n) is 23.7. The number of aromatic nitrogens is 4. The average molecular weight is 563 g/mol. The molecular weight excluding hydrogens is 525 g/mol. The third kappa shape index (κ3) is 8.91. The Labute approximate surface area is 241 Å². The van der Waals surface area contributed by atoms with Gasteiger partial charge in [0.25, 0.3) is 6.71 Å². The molecule has 2 fully saturated rings. The lowest BCUT2D eigenvalue weighted by molar-refractivity contribution is -0.108. The van der Waals surface area contributed by atoms with Gasteiger partial charge in [0.15, 0.2) is 0 Å². The number of fused-ring (bicyclic) bond motifs is 1. The van der Waals surface area contributed by atoms with E-state index in [-0.39, 0.29) is 12.3 Å². The van der Waals surface area contributed by atoms with Gasteiger partial charge >= 0.3 is 5.97 Å². The van der Waals surface area contributed by atoms with Crippen LogP contribution in [0.1, 0.15) is 28.0 Å². The van der Waals surface area contributed by atoms with E-state index in [0.29, 0.717) is 25.6 Å². The molecule has 2 aromatic heterocycles. The topological polar surface area (TPSA) is 152 Å². The van der Waals surface area contributed by atoms with Gasteiger partial charge in [0.05, 0.1) is 18.8 Å². The lowest BCUT2D eigenvalue weighted by atomic mass is 9.43. The number of carboxylic acid groups (broad SMARTS) is 1. The second-order valence-corrected chi connectivity index (χ2v) is 10.5. The summed E-state index contributed by atoms with van der Waals surface area (Å²) >= 11 is 0. The van der Waals surface area contributed by atoms with E-state index in [4.69, 9.17) is 20.1 Å². The van der Waals surface area contributed by atoms with Crippen molar-refractivity contribution in [1.82, 2.24) is 29.7 Å². The first-order valence-electron chi connectivity index (χ1n) is 14.2. The van der Waals surface area contributed by atoms with E-state index in [1.807, 2.05) is 11.1 Å². The van der Waals surface area contributed by atoms with Gasteiger partial charge in [-0.15, -0.1) is 0 Å². The van der Waals surface area contributed by atoms with Crippen molar-refractivity contribution in [3.8, 4) is 5.97 Å². The average Bonchev–Trinajstić information content (AvgIpc) is 3.01. The molecular formula is C27H38BN9O4. The number of aldehydes is 1. The van der Waals surface area contributed by atoms with E-state index in [1.54, 1.807) is 0 Å². The molecule has 0 atom stereocenters. The second kappa shape index (κ2) is 15.4. The number of hydrogen-bond acceptors (Lipinski definition) is 12. The zero-order chi connectivity index (χ0) is 29.0. The van der Waals surface area contributed by atoms with E-state index in [2.05, 4.69) is 42.7 Å². The summed E-state index contributed by atoms with van der Waals surface area (Å²) in [5.41, 5.74) is 2.40. The molecule has 5 rings (SSSR count). The fourth-order valence-electron chi connectivity index (χ4n) is 4.96. The number of aryl methyl sites for hydroxylation is 1. The van der Waals surface area contributed by atoms with Crippen molar-refractivity contribution in [2.24, 2.45) is 0 Å². The number of hydrogen-bond donors (Lipinski definition) is 1. The third-order valence-electron chi connectivity index (χ3n) is 7.58. The molecule has 0 bridgehead atoms. The molecule has 2 saturated heterocycles. The first kappa shape index (κ1) is 30.3. The minimum absolute atomic E-state index is 0.0925. The fourth-order valence-corrected chi connectivity index (χ4v) is 4.96. The van der Waals surface area contributed by atoms with Gasteiger partial charge in [0.2, 0.25) is 11.9 Å². The molecule has 0 spiro atoms. The highest BCUT2D eigenvalue weighted by Crippen LogP contribution is 2.21. The molecule has 41 heavy (non-hydrogen) atoms. The molecule has 218 valence electrons. The maximum atomic E-state index is 10.8. The van der Waals surface area contributed by atoms with Crippen molar-refractivity contribution in [2.45, 2.75) is 25.5 Å². The van der Waals surface area contributed by atoms with Gasteiger partial charge in [-0.1, -0.05) is 6.32 Å². The number of anilines is 2. The molecule has 0 amide bonds. The number of carboxylic acids is 1. The number of ether oxygens (including phenoxy) is 1. The number of piperazine rings is 2. The molecule has 5 heterocycles. The molecule has 3 aliphatic heterocycles. The Morgan fingerprint density at radius 3 is 2.34 bits per heavy atom. The normalized spacial score (nSPS) is 17.7. The Kier molecular flexibility index (Phi) is 11.4. The SMILES string of the molecule is CN1CCN(c2ncc3c(n2)CCB(C#N)C3)CC1.O=CCCOCCN1CCN(c2ncc(C(=O)O)cn2)CC1. The van der Waals surface area contributed by atoms with Crippen LogP contribution in [0, 0.1) is 11.2 Å². The summed E-state index contributed by atoms with van der Waals surface area (Å²) in [6, 6.07) is 0. The van der Waals surface area contributed by atoms with E-state index in [1.165, 1.54) is 12.4 Å². The zero-order valence-corrected chi connectivity index (χ0v) is 23.7. The standard InChI is InChI=1S/C14H20N4O4.C13H18BN5/c19-7-1-8-22-9-6-17-2-4-18(5-3-17)14-15-10-12(11-16-14)13(20)21;1-18-4-6-19(7-5-18)13-16-9-11-8-14(10-15)3-2-12(11)17-13/h7,10-11H,1-6,8-9H2,(H,20,21);9H,2-8H2,1H3. The van der Waals surface area contributed by atoms with E-state index >= 15 is 0 Å². The maximum absolute atomic E-state index is 10.8. The van der Waals surface area contributed by atoms with Crippen molar-refractivity contribution in [3.63, 3.8) is 0 Å². The van der Waals surface area contributed by atoms with Crippen LogP contribution in [0.25, 0.3) is 0 Å². The van der Waals surface area contributed by atoms with Crippen LogP contribution < -0.4 is 9.80 Å². The van der Waals surface area contributed by atoms with Crippen LogP contribution in [-0.4, -0.2) is 133 Å². The minimum Gasteiger partial charge on any atom is -0.478 e. The highest BCUT2D eigenvalue weighted by Gasteiger charge is 2.25. The summed E-state index contributed by atoms with van der Waals surface area (Å²) in [5, 5.41) is 17.8. The van der Waals surface area contributed by atoms with E-state index in [0.717, 1.165) is 101 Å². The van der Waals surface area contributed by atoms with Gasteiger partial charge in [0, 0.05) is 95.6 Å². The van der Waals surface area contributed by atoms with Crippen LogP contribution in [0.4, 0.5) is 11.9 Å². The molecule has 2 aromatic rings. The molecule has 13 nitrogen and oxygen atoms in total. The molecule has 14 heteroatoms. The number of aromatic carboxylic acids is 1. The highest BCUT2D eigenvalue weighted by molar-refractivity contribution is 6.66. The lowest BCUT2D eigenvalue weighted by Gasteiger charge is -2.34. The van der Waals surface area contributed by atoms with Crippen molar-refractivity contribution in [1.29, 1.82) is 5.26 Å². The Morgan fingerprint density at radius 1 is 1.02 bits per heavy atom. The summed E-state index contributed by atoms with van der Waals surface area (Å²) in [5.74, 6) is 2.76. The van der Waals surface area contributed by atoms with Crippen molar-refractivity contribution in [3.05, 3.63) is 35.4 Å². The predicted molar refractivity (Wildman–Crippen MR) is 154 cm³/mol. The fraction of sp³-hybridized carbons (Fsp3) is 0.593. The number of likely N-dealkylation sites (N-methyl/N-ethyl adjacent to an activating group) is 1. The van der Waals surface area contributed by atoms with Crippen LogP contribution in [0.5, 0.6) is 0 Å². The molecule has 0 saturated carbocycles. The molecule has 0 radical (unpaired) electrons. The molecule has 3 aliphatic rings. The van der Waals surface area contributed by atoms with Gasteiger partial charge in [-0.05, 0) is 25.4 Å². The van der Waals surface area contributed by atoms with Gasteiger partial charge in [-0.3, -0.25) is 4.90 Å². The van der Waals surface area contributed by atoms with Crippen molar-refractivity contribution >= 4 is 30.9 Å². The Hall–Kier alpha value is -3.67. The van der Waals surface area contributed by atoms with Gasteiger partial charge in [0.1, 0.15) is 6.29 Å². The van der Waals surface area contributed by atoms with Crippen LogP contribution in [0.3, 0.4) is 0 Å². The van der Waals surface area contributed by atoms with Crippen molar-refractivity contribution < 1.29 is 19.4 Å². The van der Waals surface area contributed by atoms with Gasteiger partial charge in [-0.2, -0.15) is 0 Å². The molecule has 1 N–H and O–H groups in total. The lowest BCUT2D eigenvalue weighted by Crippen LogP contribution is -2.47. The molecule has 0 unspecified atom stereocenters. The third-order valence-corrected chi connectivity index (χ3v) is 7.58. The Bertz CT molecular complexity index is 1180. The quantitative estimate of drug-likeness (QED) is 0.254. The summed E-state index contributed by atoms with van der Waals surface area (Å²) in [4.78, 5) is 47.2. The summed E-state index contributed by atoms with van der Waals surface area (Å²) in [6.45, 7) is 9.55. The Morgan fingerprint density at radius 2 is 1.68 bits per heavy atom. The van der Waals surface area contributed by atoms with Crippen LogP contribution in [-0.2, 0) is 22.3 Å². The monoisotopic (exact) mass is 563 g/mol. The Balaban J connectivity index is 0.000000191. The van der Waals surface area contributed by atoms with Crippen molar-refractivity contribution in [2.75, 3.05) is 89.0 Å². The number of nitriles is 1. The van der Waals surface area contributed by atoms with E-state index in [9.17, 15) is 9.59 Å².